The fraction of sp³-hybridized carbons (Fsp3) is 0.471. The fourth-order valence-electron chi connectivity index (χ4n) is 2.69. The second-order valence-corrected chi connectivity index (χ2v) is 6.08. The number of aliphatic hydroxyl groups is 1. The van der Waals surface area contributed by atoms with Crippen molar-refractivity contribution in [2.45, 2.75) is 19.3 Å². The van der Waals surface area contributed by atoms with Gasteiger partial charge in [-0.05, 0) is 24.7 Å². The summed E-state index contributed by atoms with van der Waals surface area (Å²) in [7, 11) is 3.86. The SMILES string of the molecule is CN(Cc1cnn(C)c1)CC(O)COCc1ccc2c(c1)OCO2. The molecule has 1 aliphatic rings. The zero-order valence-corrected chi connectivity index (χ0v) is 14.0. The molecule has 0 bridgehead atoms. The van der Waals surface area contributed by atoms with Gasteiger partial charge in [0, 0.05) is 31.9 Å². The minimum absolute atomic E-state index is 0.266. The quantitative estimate of drug-likeness (QED) is 0.782. The van der Waals surface area contributed by atoms with Crippen LogP contribution >= 0.6 is 0 Å². The van der Waals surface area contributed by atoms with Crippen LogP contribution in [0.25, 0.3) is 0 Å². The Kier molecular flexibility index (Phi) is 5.34. The van der Waals surface area contributed by atoms with E-state index >= 15 is 0 Å². The number of likely N-dealkylation sites (N-methyl/N-ethyl adjacent to an activating group) is 1. The lowest BCUT2D eigenvalue weighted by atomic mass is 10.2. The summed E-state index contributed by atoms with van der Waals surface area (Å²) in [6.45, 7) is 2.26. The van der Waals surface area contributed by atoms with Crippen LogP contribution in [-0.4, -0.2) is 52.9 Å². The third-order valence-electron chi connectivity index (χ3n) is 3.75. The minimum atomic E-state index is -0.541. The summed E-state index contributed by atoms with van der Waals surface area (Å²) in [6.07, 6.45) is 3.26. The molecular weight excluding hydrogens is 310 g/mol. The highest BCUT2D eigenvalue weighted by Crippen LogP contribution is 2.32. The maximum absolute atomic E-state index is 10.1. The van der Waals surface area contributed by atoms with E-state index in [1.54, 1.807) is 4.68 Å². The number of fused-ring (bicyclic) bond motifs is 1. The molecule has 24 heavy (non-hydrogen) atoms. The number of nitrogens with zero attached hydrogens (tertiary/aromatic N) is 3. The lowest BCUT2D eigenvalue weighted by molar-refractivity contribution is 0.0127. The van der Waals surface area contributed by atoms with Crippen molar-refractivity contribution in [2.75, 3.05) is 27.0 Å². The molecular formula is C17H23N3O4. The summed E-state index contributed by atoms with van der Waals surface area (Å²) < 4.78 is 18.0. The maximum atomic E-state index is 10.1. The van der Waals surface area contributed by atoms with Crippen LogP contribution in [0, 0.1) is 0 Å². The summed E-state index contributed by atoms with van der Waals surface area (Å²) >= 11 is 0. The van der Waals surface area contributed by atoms with Crippen molar-refractivity contribution in [2.24, 2.45) is 7.05 Å². The molecule has 0 radical (unpaired) electrons. The Hall–Kier alpha value is -2.09. The molecule has 0 saturated heterocycles. The molecule has 1 N–H and O–H groups in total. The Bertz CT molecular complexity index is 674. The highest BCUT2D eigenvalue weighted by Gasteiger charge is 2.14. The first-order chi connectivity index (χ1) is 11.6. The predicted octanol–water partition coefficient (Wildman–Crippen LogP) is 1.16. The highest BCUT2D eigenvalue weighted by atomic mass is 16.7. The number of hydrogen-bond donors (Lipinski definition) is 1. The lowest BCUT2D eigenvalue weighted by Crippen LogP contribution is -2.31. The van der Waals surface area contributed by atoms with Gasteiger partial charge >= 0.3 is 0 Å². The van der Waals surface area contributed by atoms with Crippen LogP contribution in [0.1, 0.15) is 11.1 Å². The lowest BCUT2D eigenvalue weighted by Gasteiger charge is -2.20. The topological polar surface area (TPSA) is 69.0 Å². The van der Waals surface area contributed by atoms with Crippen LogP contribution in [0.5, 0.6) is 11.5 Å². The first kappa shape index (κ1) is 16.8. The number of aliphatic hydroxyl groups excluding tert-OH is 1. The first-order valence-electron chi connectivity index (χ1n) is 7.90. The van der Waals surface area contributed by atoms with E-state index in [0.29, 0.717) is 13.2 Å². The number of aryl methyl sites for hydroxylation is 1. The molecule has 1 aromatic heterocycles. The second-order valence-electron chi connectivity index (χ2n) is 6.08. The largest absolute Gasteiger partial charge is 0.454 e. The zero-order valence-electron chi connectivity index (χ0n) is 14.0. The van der Waals surface area contributed by atoms with Gasteiger partial charge in [-0.3, -0.25) is 9.58 Å². The smallest absolute Gasteiger partial charge is 0.231 e. The fourth-order valence-corrected chi connectivity index (χ4v) is 2.69. The van der Waals surface area contributed by atoms with E-state index in [1.165, 1.54) is 0 Å². The van der Waals surface area contributed by atoms with Gasteiger partial charge in [-0.1, -0.05) is 6.07 Å². The van der Waals surface area contributed by atoms with Gasteiger partial charge in [0.2, 0.25) is 6.79 Å². The Morgan fingerprint density at radius 3 is 2.96 bits per heavy atom. The second kappa shape index (κ2) is 7.65. The van der Waals surface area contributed by atoms with Crippen LogP contribution in [0.2, 0.25) is 0 Å². The highest BCUT2D eigenvalue weighted by molar-refractivity contribution is 5.44. The predicted molar refractivity (Wildman–Crippen MR) is 87.8 cm³/mol. The van der Waals surface area contributed by atoms with Crippen molar-refractivity contribution in [3.05, 3.63) is 41.7 Å². The van der Waals surface area contributed by atoms with E-state index in [4.69, 9.17) is 14.2 Å². The molecule has 0 aliphatic carbocycles. The monoisotopic (exact) mass is 333 g/mol. The van der Waals surface area contributed by atoms with Crippen molar-refractivity contribution in [1.29, 1.82) is 0 Å². The minimum Gasteiger partial charge on any atom is -0.454 e. The first-order valence-corrected chi connectivity index (χ1v) is 7.90. The van der Waals surface area contributed by atoms with Crippen LogP contribution in [0.3, 0.4) is 0 Å². The van der Waals surface area contributed by atoms with Gasteiger partial charge < -0.3 is 19.3 Å². The third kappa shape index (κ3) is 4.47. The van der Waals surface area contributed by atoms with Gasteiger partial charge in [0.15, 0.2) is 11.5 Å². The van der Waals surface area contributed by atoms with E-state index in [2.05, 4.69) is 5.10 Å². The van der Waals surface area contributed by atoms with Gasteiger partial charge in [-0.15, -0.1) is 0 Å². The van der Waals surface area contributed by atoms with Gasteiger partial charge in [0.05, 0.1) is 25.5 Å². The maximum Gasteiger partial charge on any atom is 0.231 e. The summed E-state index contributed by atoms with van der Waals surface area (Å²) in [5.41, 5.74) is 2.11. The summed E-state index contributed by atoms with van der Waals surface area (Å²) in [5.74, 6) is 1.50. The van der Waals surface area contributed by atoms with E-state index in [0.717, 1.165) is 29.2 Å². The Labute approximate surface area is 141 Å². The van der Waals surface area contributed by atoms with Crippen LogP contribution in [0.15, 0.2) is 30.6 Å². The van der Waals surface area contributed by atoms with E-state index in [9.17, 15) is 5.11 Å². The number of aromatic nitrogens is 2. The van der Waals surface area contributed by atoms with Crippen LogP contribution in [0.4, 0.5) is 0 Å². The molecule has 7 heteroatoms. The summed E-state index contributed by atoms with van der Waals surface area (Å²) in [5, 5.41) is 14.2. The van der Waals surface area contributed by atoms with Crippen LogP contribution in [-0.2, 0) is 24.9 Å². The molecule has 3 rings (SSSR count). The molecule has 1 unspecified atom stereocenters. The molecule has 2 aromatic rings. The number of benzene rings is 1. The van der Waals surface area contributed by atoms with Gasteiger partial charge in [0.1, 0.15) is 0 Å². The molecule has 1 aliphatic heterocycles. The van der Waals surface area contributed by atoms with Crippen molar-refractivity contribution < 1.29 is 19.3 Å². The Balaban J connectivity index is 1.38. The standard InChI is InChI=1S/C17H23N3O4/c1-19(7-14-6-18-20(2)8-14)9-15(21)11-22-10-13-3-4-16-17(5-13)24-12-23-16/h3-6,8,15,21H,7,9-12H2,1-2H3. The number of rotatable bonds is 8. The average molecular weight is 333 g/mol. The van der Waals surface area contributed by atoms with Crippen LogP contribution < -0.4 is 9.47 Å². The van der Waals surface area contributed by atoms with Crippen molar-refractivity contribution in [3.8, 4) is 11.5 Å². The van der Waals surface area contributed by atoms with E-state index < -0.39 is 6.10 Å². The molecule has 1 aromatic carbocycles. The number of hydrogen-bond acceptors (Lipinski definition) is 6. The summed E-state index contributed by atoms with van der Waals surface area (Å²) in [4.78, 5) is 2.05. The Morgan fingerprint density at radius 2 is 2.17 bits per heavy atom. The van der Waals surface area contributed by atoms with Crippen molar-refractivity contribution in [3.63, 3.8) is 0 Å². The molecule has 130 valence electrons. The van der Waals surface area contributed by atoms with Crippen molar-refractivity contribution in [1.82, 2.24) is 14.7 Å². The van der Waals surface area contributed by atoms with Gasteiger partial charge in [0.25, 0.3) is 0 Å². The van der Waals surface area contributed by atoms with Crippen molar-refractivity contribution >= 4 is 0 Å². The molecule has 7 nitrogen and oxygen atoms in total. The number of ether oxygens (including phenoxy) is 3. The molecule has 0 amide bonds. The van der Waals surface area contributed by atoms with Gasteiger partial charge in [-0.2, -0.15) is 5.10 Å². The normalized spacial score (nSPS) is 14.3. The van der Waals surface area contributed by atoms with Gasteiger partial charge in [-0.25, -0.2) is 0 Å². The molecule has 0 saturated carbocycles. The molecule has 0 fully saturated rings. The van der Waals surface area contributed by atoms with E-state index in [1.807, 2.05) is 49.6 Å². The Morgan fingerprint density at radius 1 is 1.33 bits per heavy atom. The third-order valence-corrected chi connectivity index (χ3v) is 3.75. The van der Waals surface area contributed by atoms with E-state index in [-0.39, 0.29) is 13.4 Å². The molecule has 0 spiro atoms. The zero-order chi connectivity index (χ0) is 16.9. The summed E-state index contributed by atoms with van der Waals surface area (Å²) in [6, 6.07) is 5.72. The molecule has 1 atom stereocenters. The average Bonchev–Trinajstić information content (AvgIpc) is 3.15. The molecule has 2 heterocycles.